The maximum Gasteiger partial charge on any atom is 0.252 e. The van der Waals surface area contributed by atoms with E-state index < -0.39 is 0 Å². The predicted molar refractivity (Wildman–Crippen MR) is 128 cm³/mol. The van der Waals surface area contributed by atoms with E-state index in [1.54, 1.807) is 48.1 Å². The van der Waals surface area contributed by atoms with Crippen molar-refractivity contribution in [1.29, 1.82) is 5.26 Å². The molecule has 2 fully saturated rings. The standard InChI is InChI=1S/C25H26N6O3/c1-30-19-7-6-18(14-26)28-24(19)20(13-22(30)33)31-11-8-17(9-12-31)23(29-34-15-16-4-5-16)25-21(32)3-2-10-27-25/h2-3,6-7,10,13,16-17,32H,4-5,8-9,11-12,15H2,1H3/b29-23-. The number of anilines is 1. The van der Waals surface area contributed by atoms with Gasteiger partial charge in [0.25, 0.3) is 5.56 Å². The van der Waals surface area contributed by atoms with Gasteiger partial charge in [-0.2, -0.15) is 5.26 Å². The highest BCUT2D eigenvalue weighted by Crippen LogP contribution is 2.32. The molecule has 34 heavy (non-hydrogen) atoms. The molecular weight excluding hydrogens is 432 g/mol. The average molecular weight is 459 g/mol. The zero-order valence-electron chi connectivity index (χ0n) is 19.0. The second kappa shape index (κ2) is 9.14. The molecule has 0 bridgehead atoms. The summed E-state index contributed by atoms with van der Waals surface area (Å²) >= 11 is 0. The fraction of sp³-hybridized carbons (Fsp3) is 0.400. The number of fused-ring (bicyclic) bond motifs is 1. The molecule has 4 heterocycles. The predicted octanol–water partition coefficient (Wildman–Crippen LogP) is 2.95. The minimum absolute atomic E-state index is 0.0525. The van der Waals surface area contributed by atoms with E-state index in [2.05, 4.69) is 26.1 Å². The molecule has 0 radical (unpaired) electrons. The molecule has 174 valence electrons. The summed E-state index contributed by atoms with van der Waals surface area (Å²) in [7, 11) is 1.71. The molecule has 5 rings (SSSR count). The van der Waals surface area contributed by atoms with Crippen LogP contribution in [0.25, 0.3) is 11.0 Å². The summed E-state index contributed by atoms with van der Waals surface area (Å²) in [6.07, 6.45) is 5.48. The lowest BCUT2D eigenvalue weighted by molar-refractivity contribution is 0.132. The highest BCUT2D eigenvalue weighted by atomic mass is 16.6. The first kappa shape index (κ1) is 21.9. The normalized spacial score (nSPS) is 17.1. The molecule has 0 aromatic carbocycles. The topological polar surface area (TPSA) is 117 Å². The number of nitrogens with zero attached hydrogens (tertiary/aromatic N) is 6. The summed E-state index contributed by atoms with van der Waals surface area (Å²) in [5.41, 5.74) is 3.38. The van der Waals surface area contributed by atoms with Crippen LogP contribution in [0.2, 0.25) is 0 Å². The number of hydrogen-bond donors (Lipinski definition) is 1. The Morgan fingerprint density at radius 1 is 1.26 bits per heavy atom. The number of nitriles is 1. The molecule has 1 aliphatic carbocycles. The van der Waals surface area contributed by atoms with E-state index in [-0.39, 0.29) is 17.2 Å². The maximum absolute atomic E-state index is 12.6. The Bertz CT molecular complexity index is 1350. The fourth-order valence-electron chi connectivity index (χ4n) is 4.41. The SMILES string of the molecule is Cn1c(=O)cc(N2CCC(/C(=N/OCC3CC3)c3ncccc3O)CC2)c2nc(C#N)ccc21. The van der Waals surface area contributed by atoms with Gasteiger partial charge in [0.15, 0.2) is 0 Å². The van der Waals surface area contributed by atoms with Crippen LogP contribution < -0.4 is 10.5 Å². The number of pyridine rings is 3. The van der Waals surface area contributed by atoms with Gasteiger partial charge >= 0.3 is 0 Å². The lowest BCUT2D eigenvalue weighted by Gasteiger charge is -2.34. The molecule has 2 aliphatic rings. The molecule has 1 saturated heterocycles. The van der Waals surface area contributed by atoms with E-state index in [4.69, 9.17) is 4.84 Å². The van der Waals surface area contributed by atoms with E-state index in [0.29, 0.717) is 53.7 Å². The number of piperidine rings is 1. The number of aromatic hydroxyl groups is 1. The average Bonchev–Trinajstić information content (AvgIpc) is 3.69. The van der Waals surface area contributed by atoms with Crippen LogP contribution in [0.15, 0.2) is 46.5 Å². The van der Waals surface area contributed by atoms with Crippen LogP contribution in [0, 0.1) is 23.2 Å². The highest BCUT2D eigenvalue weighted by molar-refractivity contribution is 6.02. The van der Waals surface area contributed by atoms with Crippen molar-refractivity contribution in [2.75, 3.05) is 24.6 Å². The molecule has 9 heteroatoms. The van der Waals surface area contributed by atoms with Gasteiger partial charge in [0.05, 0.1) is 11.2 Å². The van der Waals surface area contributed by atoms with Crippen LogP contribution in [-0.2, 0) is 11.9 Å². The monoisotopic (exact) mass is 458 g/mol. The van der Waals surface area contributed by atoms with Crippen molar-refractivity contribution < 1.29 is 9.94 Å². The Hall–Kier alpha value is -3.93. The summed E-state index contributed by atoms with van der Waals surface area (Å²) in [6, 6.07) is 10.4. The van der Waals surface area contributed by atoms with Crippen molar-refractivity contribution in [1.82, 2.24) is 14.5 Å². The van der Waals surface area contributed by atoms with Gasteiger partial charge in [-0.1, -0.05) is 5.16 Å². The van der Waals surface area contributed by atoms with E-state index in [1.165, 1.54) is 12.8 Å². The first-order chi connectivity index (χ1) is 16.5. The van der Waals surface area contributed by atoms with E-state index in [9.17, 15) is 15.2 Å². The van der Waals surface area contributed by atoms with Crippen LogP contribution in [0.3, 0.4) is 0 Å². The third-order valence-electron chi connectivity index (χ3n) is 6.60. The highest BCUT2D eigenvalue weighted by Gasteiger charge is 2.29. The van der Waals surface area contributed by atoms with Crippen molar-refractivity contribution in [2.24, 2.45) is 24.0 Å². The van der Waals surface area contributed by atoms with Gasteiger partial charge < -0.3 is 19.4 Å². The number of oxime groups is 1. The lowest BCUT2D eigenvalue weighted by Crippen LogP contribution is -2.38. The minimum Gasteiger partial charge on any atom is -0.506 e. The van der Waals surface area contributed by atoms with Crippen molar-refractivity contribution in [3.63, 3.8) is 0 Å². The van der Waals surface area contributed by atoms with E-state index in [1.807, 2.05) is 0 Å². The molecule has 0 spiro atoms. The van der Waals surface area contributed by atoms with Gasteiger partial charge in [-0.25, -0.2) is 4.98 Å². The minimum atomic E-state index is -0.120. The Morgan fingerprint density at radius 2 is 2.06 bits per heavy atom. The molecule has 9 nitrogen and oxygen atoms in total. The molecular formula is C25H26N6O3. The summed E-state index contributed by atoms with van der Waals surface area (Å²) in [5, 5.41) is 24.1. The summed E-state index contributed by atoms with van der Waals surface area (Å²) in [5.74, 6) is 0.713. The van der Waals surface area contributed by atoms with Gasteiger partial charge in [-0.3, -0.25) is 9.78 Å². The lowest BCUT2D eigenvalue weighted by atomic mass is 9.89. The fourth-order valence-corrected chi connectivity index (χ4v) is 4.41. The maximum atomic E-state index is 12.6. The number of aromatic nitrogens is 3. The molecule has 1 N–H and O–H groups in total. The molecule has 1 aliphatic heterocycles. The summed E-state index contributed by atoms with van der Waals surface area (Å²) < 4.78 is 1.55. The van der Waals surface area contributed by atoms with Gasteiger partial charge in [0.1, 0.15) is 41.0 Å². The Balaban J connectivity index is 1.41. The van der Waals surface area contributed by atoms with Crippen LogP contribution in [0.4, 0.5) is 5.69 Å². The van der Waals surface area contributed by atoms with Gasteiger partial charge in [0.2, 0.25) is 0 Å². The zero-order chi connectivity index (χ0) is 23.7. The molecule has 0 atom stereocenters. The van der Waals surface area contributed by atoms with Gasteiger partial charge in [-0.05, 0) is 55.9 Å². The van der Waals surface area contributed by atoms with E-state index in [0.717, 1.165) is 18.5 Å². The van der Waals surface area contributed by atoms with Crippen LogP contribution >= 0.6 is 0 Å². The first-order valence-electron chi connectivity index (χ1n) is 11.5. The zero-order valence-corrected chi connectivity index (χ0v) is 19.0. The molecule has 3 aromatic rings. The van der Waals surface area contributed by atoms with Gasteiger partial charge in [0, 0.05) is 38.3 Å². The Labute approximate surface area is 196 Å². The molecule has 1 saturated carbocycles. The molecule has 0 amide bonds. The third-order valence-corrected chi connectivity index (χ3v) is 6.60. The number of rotatable bonds is 6. The smallest absolute Gasteiger partial charge is 0.252 e. The van der Waals surface area contributed by atoms with Crippen LogP contribution in [-0.4, -0.2) is 45.0 Å². The van der Waals surface area contributed by atoms with Crippen molar-refractivity contribution in [2.45, 2.75) is 25.7 Å². The Kier molecular flexibility index (Phi) is 5.88. The van der Waals surface area contributed by atoms with Crippen LogP contribution in [0.5, 0.6) is 5.75 Å². The van der Waals surface area contributed by atoms with Crippen molar-refractivity contribution >= 4 is 22.4 Å². The van der Waals surface area contributed by atoms with Crippen LogP contribution in [0.1, 0.15) is 37.1 Å². The van der Waals surface area contributed by atoms with Crippen molar-refractivity contribution in [3.05, 3.63) is 58.3 Å². The summed E-state index contributed by atoms with van der Waals surface area (Å²) in [4.78, 5) is 29.2. The third kappa shape index (κ3) is 4.31. The first-order valence-corrected chi connectivity index (χ1v) is 11.5. The van der Waals surface area contributed by atoms with Gasteiger partial charge in [-0.15, -0.1) is 0 Å². The Morgan fingerprint density at radius 3 is 2.76 bits per heavy atom. The van der Waals surface area contributed by atoms with E-state index >= 15 is 0 Å². The second-order valence-electron chi connectivity index (χ2n) is 8.95. The largest absolute Gasteiger partial charge is 0.506 e. The van der Waals surface area contributed by atoms with Crippen molar-refractivity contribution in [3.8, 4) is 11.8 Å². The second-order valence-corrected chi connectivity index (χ2v) is 8.95. The number of hydrogen-bond acceptors (Lipinski definition) is 8. The molecule has 3 aromatic heterocycles. The summed E-state index contributed by atoms with van der Waals surface area (Å²) in [6.45, 7) is 1.92. The quantitative estimate of drug-likeness (QED) is 0.446. The molecule has 0 unspecified atom stereocenters. The number of aryl methyl sites for hydroxylation is 1.